The smallest absolute Gasteiger partial charge is 0.261 e. The summed E-state index contributed by atoms with van der Waals surface area (Å²) in [6, 6.07) is 22.7. The molecule has 160 valence electrons. The Labute approximate surface area is 193 Å². The topological polar surface area (TPSA) is 83.4 Å². The lowest BCUT2D eigenvalue weighted by Gasteiger charge is -2.14. The van der Waals surface area contributed by atoms with Crippen molar-refractivity contribution in [2.75, 3.05) is 6.54 Å². The molecule has 0 saturated carbocycles. The van der Waals surface area contributed by atoms with Crippen molar-refractivity contribution in [1.82, 2.24) is 24.5 Å². The molecule has 3 heterocycles. The number of hydrogen-bond donors (Lipinski definition) is 1. The van der Waals surface area contributed by atoms with Crippen molar-refractivity contribution in [2.45, 2.75) is 6.42 Å². The highest BCUT2D eigenvalue weighted by atomic mass is 32.1. The second kappa shape index (κ2) is 7.46. The van der Waals surface area contributed by atoms with Crippen molar-refractivity contribution < 1.29 is 9.59 Å². The van der Waals surface area contributed by atoms with E-state index in [1.54, 1.807) is 28.8 Å². The first kappa shape index (κ1) is 19.5. The van der Waals surface area contributed by atoms with Gasteiger partial charge in [-0.3, -0.25) is 19.6 Å². The molecule has 0 fully saturated rings. The van der Waals surface area contributed by atoms with Gasteiger partial charge in [0.05, 0.1) is 16.6 Å². The summed E-state index contributed by atoms with van der Waals surface area (Å²) in [4.78, 5) is 36.0. The van der Waals surface area contributed by atoms with E-state index in [1.165, 1.54) is 4.90 Å². The van der Waals surface area contributed by atoms with Gasteiger partial charge in [0.1, 0.15) is 0 Å². The van der Waals surface area contributed by atoms with Crippen LogP contribution in [-0.4, -0.2) is 42.8 Å². The SMILES string of the molecule is O=C1c2ccccc2C(=O)N1CCc1ccc2nc(-c3ccccc3)n3[nH]c(=S)nc3c2c1. The van der Waals surface area contributed by atoms with Crippen LogP contribution in [0.15, 0.2) is 72.8 Å². The van der Waals surface area contributed by atoms with Crippen molar-refractivity contribution in [2.24, 2.45) is 0 Å². The lowest BCUT2D eigenvalue weighted by atomic mass is 10.1. The number of amides is 2. The monoisotopic (exact) mass is 451 g/mol. The van der Waals surface area contributed by atoms with Gasteiger partial charge in [0.15, 0.2) is 11.5 Å². The molecule has 5 aromatic rings. The Kier molecular flexibility index (Phi) is 4.41. The van der Waals surface area contributed by atoms with Crippen LogP contribution in [-0.2, 0) is 6.42 Å². The number of carbonyl (C=O) groups is 2. The number of hydrogen-bond acceptors (Lipinski definition) is 5. The number of aromatic amines is 1. The largest absolute Gasteiger partial charge is 0.274 e. The molecule has 33 heavy (non-hydrogen) atoms. The van der Waals surface area contributed by atoms with Crippen LogP contribution in [0.25, 0.3) is 27.9 Å². The predicted molar refractivity (Wildman–Crippen MR) is 127 cm³/mol. The van der Waals surface area contributed by atoms with Crippen LogP contribution < -0.4 is 0 Å². The molecule has 1 aliphatic rings. The number of nitrogens with zero attached hydrogens (tertiary/aromatic N) is 4. The lowest BCUT2D eigenvalue weighted by Crippen LogP contribution is -2.31. The second-order valence-corrected chi connectivity index (χ2v) is 8.28. The molecule has 7 nitrogen and oxygen atoms in total. The highest BCUT2D eigenvalue weighted by Gasteiger charge is 2.34. The average Bonchev–Trinajstić information content (AvgIpc) is 3.35. The fourth-order valence-corrected chi connectivity index (χ4v) is 4.47. The van der Waals surface area contributed by atoms with Crippen molar-refractivity contribution in [3.63, 3.8) is 0 Å². The maximum atomic E-state index is 12.7. The van der Waals surface area contributed by atoms with Crippen LogP contribution in [0.5, 0.6) is 0 Å². The minimum atomic E-state index is -0.244. The number of benzene rings is 3. The molecule has 0 spiro atoms. The molecule has 0 aliphatic carbocycles. The zero-order valence-electron chi connectivity index (χ0n) is 17.4. The number of rotatable bonds is 4. The van der Waals surface area contributed by atoms with E-state index in [4.69, 9.17) is 17.2 Å². The van der Waals surface area contributed by atoms with E-state index in [-0.39, 0.29) is 11.8 Å². The van der Waals surface area contributed by atoms with E-state index in [2.05, 4.69) is 10.1 Å². The van der Waals surface area contributed by atoms with E-state index in [1.807, 2.05) is 48.5 Å². The van der Waals surface area contributed by atoms with Gasteiger partial charge >= 0.3 is 0 Å². The third-order valence-electron chi connectivity index (χ3n) is 5.90. The highest BCUT2D eigenvalue weighted by molar-refractivity contribution is 7.71. The van der Waals surface area contributed by atoms with Crippen molar-refractivity contribution in [3.05, 3.63) is 94.3 Å². The molecule has 0 saturated heterocycles. The second-order valence-electron chi connectivity index (χ2n) is 7.90. The van der Waals surface area contributed by atoms with Gasteiger partial charge in [-0.1, -0.05) is 48.5 Å². The number of aromatic nitrogens is 4. The molecule has 0 bridgehead atoms. The fraction of sp³-hybridized carbons (Fsp3) is 0.0800. The molecule has 1 N–H and O–H groups in total. The zero-order chi connectivity index (χ0) is 22.5. The highest BCUT2D eigenvalue weighted by Crippen LogP contribution is 2.26. The summed E-state index contributed by atoms with van der Waals surface area (Å²) in [6.45, 7) is 0.302. The molecule has 1 aliphatic heterocycles. The molecule has 2 aromatic heterocycles. The van der Waals surface area contributed by atoms with Crippen LogP contribution in [0.1, 0.15) is 26.3 Å². The van der Waals surface area contributed by atoms with Crippen molar-refractivity contribution >= 4 is 40.6 Å². The lowest BCUT2D eigenvalue weighted by molar-refractivity contribution is 0.0656. The number of carbonyl (C=O) groups excluding carboxylic acids is 2. The first-order valence-electron chi connectivity index (χ1n) is 10.5. The summed E-state index contributed by atoms with van der Waals surface area (Å²) in [5.74, 6) is 0.235. The first-order chi connectivity index (χ1) is 16.1. The first-order valence-corrected chi connectivity index (χ1v) is 10.9. The molecule has 3 aromatic carbocycles. The van der Waals surface area contributed by atoms with E-state index in [0.717, 1.165) is 27.9 Å². The molecule has 2 amide bonds. The number of nitrogens with one attached hydrogen (secondary N) is 1. The minimum absolute atomic E-state index is 0.244. The summed E-state index contributed by atoms with van der Waals surface area (Å²) >= 11 is 5.31. The fourth-order valence-electron chi connectivity index (χ4n) is 4.30. The summed E-state index contributed by atoms with van der Waals surface area (Å²) in [5, 5.41) is 3.94. The van der Waals surface area contributed by atoms with Gasteiger partial charge in [-0.2, -0.15) is 4.98 Å². The molecular formula is C25H17N5O2S. The number of imide groups is 1. The Hall–Kier alpha value is -4.17. The van der Waals surface area contributed by atoms with Gasteiger partial charge in [0.25, 0.3) is 11.8 Å². The average molecular weight is 452 g/mol. The molecular weight excluding hydrogens is 434 g/mol. The Bertz CT molecular complexity index is 1600. The third kappa shape index (κ3) is 3.15. The Morgan fingerprint density at radius 1 is 0.848 bits per heavy atom. The van der Waals surface area contributed by atoms with E-state index >= 15 is 0 Å². The molecule has 0 atom stereocenters. The van der Waals surface area contributed by atoms with Crippen LogP contribution >= 0.6 is 12.2 Å². The minimum Gasteiger partial charge on any atom is -0.274 e. The van der Waals surface area contributed by atoms with E-state index in [9.17, 15) is 9.59 Å². The molecule has 6 rings (SSSR count). The standard InChI is InChI=1S/C25H17N5O2S/c31-23-17-8-4-5-9-18(17)24(32)29(23)13-12-15-10-11-20-19(14-15)22-27-25(33)28-30(22)21(26-20)16-6-2-1-3-7-16/h1-11,14H,12-13H2,(H,28,33). The molecule has 8 heteroatoms. The number of H-pyrrole nitrogens is 1. The van der Waals surface area contributed by atoms with Gasteiger partial charge in [-0.25, -0.2) is 9.50 Å². The van der Waals surface area contributed by atoms with Gasteiger partial charge in [-0.15, -0.1) is 0 Å². The van der Waals surface area contributed by atoms with Crippen LogP contribution in [0, 0.1) is 4.77 Å². The summed E-state index contributed by atoms with van der Waals surface area (Å²) in [6.07, 6.45) is 0.527. The normalized spacial score (nSPS) is 13.3. The van der Waals surface area contributed by atoms with Crippen LogP contribution in [0.2, 0.25) is 0 Å². The Morgan fingerprint density at radius 3 is 2.27 bits per heavy atom. The van der Waals surface area contributed by atoms with Crippen molar-refractivity contribution in [3.8, 4) is 11.4 Å². The molecule has 0 radical (unpaired) electrons. The van der Waals surface area contributed by atoms with Crippen LogP contribution in [0.3, 0.4) is 0 Å². The van der Waals surface area contributed by atoms with E-state index in [0.29, 0.717) is 34.5 Å². The zero-order valence-corrected chi connectivity index (χ0v) is 18.2. The van der Waals surface area contributed by atoms with Gasteiger partial charge in [0, 0.05) is 17.5 Å². The summed E-state index contributed by atoms with van der Waals surface area (Å²) < 4.78 is 2.17. The summed E-state index contributed by atoms with van der Waals surface area (Å²) in [5.41, 5.74) is 4.33. The van der Waals surface area contributed by atoms with E-state index < -0.39 is 0 Å². The van der Waals surface area contributed by atoms with Gasteiger partial charge in [0.2, 0.25) is 4.77 Å². The maximum Gasteiger partial charge on any atom is 0.261 e. The van der Waals surface area contributed by atoms with Gasteiger partial charge < -0.3 is 0 Å². The third-order valence-corrected chi connectivity index (χ3v) is 6.08. The summed E-state index contributed by atoms with van der Waals surface area (Å²) in [7, 11) is 0. The number of fused-ring (bicyclic) bond motifs is 4. The quantitative estimate of drug-likeness (QED) is 0.323. The molecule has 0 unspecified atom stereocenters. The maximum absolute atomic E-state index is 12.7. The Balaban J connectivity index is 1.37. The Morgan fingerprint density at radius 2 is 1.55 bits per heavy atom. The predicted octanol–water partition coefficient (Wildman–Crippen LogP) is 4.45. The van der Waals surface area contributed by atoms with Crippen LogP contribution in [0.4, 0.5) is 0 Å². The van der Waals surface area contributed by atoms with Gasteiger partial charge in [-0.05, 0) is 48.5 Å². The van der Waals surface area contributed by atoms with Crippen molar-refractivity contribution in [1.29, 1.82) is 0 Å².